The largest absolute Gasteiger partial charge is 0.376 e. The third-order valence-corrected chi connectivity index (χ3v) is 4.58. The van der Waals surface area contributed by atoms with Crippen LogP contribution in [0.15, 0.2) is 28.1 Å². The first-order valence-electron chi connectivity index (χ1n) is 7.14. The molecule has 7 nitrogen and oxygen atoms in total. The van der Waals surface area contributed by atoms with Gasteiger partial charge in [0.15, 0.2) is 5.96 Å². The van der Waals surface area contributed by atoms with Crippen molar-refractivity contribution in [1.82, 2.24) is 5.32 Å². The Morgan fingerprint density at radius 3 is 2.86 bits per heavy atom. The van der Waals surface area contributed by atoms with E-state index in [1.165, 1.54) is 6.07 Å². The van der Waals surface area contributed by atoms with Crippen LogP contribution in [0.25, 0.3) is 0 Å². The number of primary sulfonamides is 1. The van der Waals surface area contributed by atoms with Crippen molar-refractivity contribution < 1.29 is 13.2 Å². The highest BCUT2D eigenvalue weighted by Crippen LogP contribution is 2.16. The SMILES string of the molecule is Cc1cc(CN=C(N)NCC2CCCO2)ccc1S(N)(=O)=O. The van der Waals surface area contributed by atoms with E-state index in [-0.39, 0.29) is 11.0 Å². The summed E-state index contributed by atoms with van der Waals surface area (Å²) in [4.78, 5) is 4.36. The van der Waals surface area contributed by atoms with Crippen LogP contribution in [0.5, 0.6) is 0 Å². The van der Waals surface area contributed by atoms with E-state index in [2.05, 4.69) is 10.3 Å². The van der Waals surface area contributed by atoms with Crippen molar-refractivity contribution >= 4 is 16.0 Å². The fourth-order valence-corrected chi connectivity index (χ4v) is 3.15. The fourth-order valence-electron chi connectivity index (χ4n) is 2.39. The standard InChI is InChI=1S/C14H22N4O3S/c1-10-7-11(4-5-13(10)22(16,19)20)8-17-14(15)18-9-12-3-2-6-21-12/h4-5,7,12H,2-3,6,8-9H2,1H3,(H3,15,17,18)(H2,16,19,20). The molecule has 0 amide bonds. The van der Waals surface area contributed by atoms with Crippen molar-refractivity contribution in [2.45, 2.75) is 37.3 Å². The molecule has 8 heteroatoms. The molecule has 122 valence electrons. The molecule has 1 aliphatic rings. The lowest BCUT2D eigenvalue weighted by Crippen LogP contribution is -2.37. The third kappa shape index (κ3) is 4.69. The molecular weight excluding hydrogens is 304 g/mol. The molecule has 0 saturated carbocycles. The van der Waals surface area contributed by atoms with Gasteiger partial charge < -0.3 is 15.8 Å². The van der Waals surface area contributed by atoms with Crippen LogP contribution in [0.3, 0.4) is 0 Å². The number of hydrogen-bond donors (Lipinski definition) is 3. The van der Waals surface area contributed by atoms with Gasteiger partial charge in [-0.3, -0.25) is 0 Å². The maximum absolute atomic E-state index is 11.4. The van der Waals surface area contributed by atoms with E-state index in [1.54, 1.807) is 19.1 Å². The lowest BCUT2D eigenvalue weighted by molar-refractivity contribution is 0.114. The molecule has 2 rings (SSSR count). The number of benzene rings is 1. The van der Waals surface area contributed by atoms with E-state index < -0.39 is 10.0 Å². The highest BCUT2D eigenvalue weighted by Gasteiger charge is 2.15. The van der Waals surface area contributed by atoms with Gasteiger partial charge in [0.05, 0.1) is 17.5 Å². The number of aryl methyl sites for hydroxylation is 1. The molecule has 1 aromatic rings. The number of hydrogen-bond acceptors (Lipinski definition) is 4. The molecule has 1 aromatic carbocycles. The van der Waals surface area contributed by atoms with Crippen molar-refractivity contribution in [2.75, 3.05) is 13.2 Å². The fraction of sp³-hybridized carbons (Fsp3) is 0.500. The minimum absolute atomic E-state index is 0.129. The first-order chi connectivity index (χ1) is 10.4. The number of nitrogens with one attached hydrogen (secondary N) is 1. The Balaban J connectivity index is 1.92. The first kappa shape index (κ1) is 16.7. The highest BCUT2D eigenvalue weighted by molar-refractivity contribution is 7.89. The van der Waals surface area contributed by atoms with Crippen molar-refractivity contribution in [3.05, 3.63) is 29.3 Å². The zero-order valence-corrected chi connectivity index (χ0v) is 13.4. The molecule has 0 aromatic heterocycles. The number of aliphatic imine (C=N–C) groups is 1. The van der Waals surface area contributed by atoms with Crippen LogP contribution in [-0.2, 0) is 21.3 Å². The molecule has 1 atom stereocenters. The van der Waals surface area contributed by atoms with Crippen LogP contribution in [0.1, 0.15) is 24.0 Å². The lowest BCUT2D eigenvalue weighted by Gasteiger charge is -2.11. The summed E-state index contributed by atoms with van der Waals surface area (Å²) in [6.45, 7) is 3.53. The van der Waals surface area contributed by atoms with Crippen molar-refractivity contribution in [3.63, 3.8) is 0 Å². The van der Waals surface area contributed by atoms with E-state index in [4.69, 9.17) is 15.6 Å². The van der Waals surface area contributed by atoms with Crippen LogP contribution in [-0.4, -0.2) is 33.6 Å². The minimum Gasteiger partial charge on any atom is -0.376 e. The molecule has 5 N–H and O–H groups in total. The third-order valence-electron chi connectivity index (χ3n) is 3.51. The lowest BCUT2D eigenvalue weighted by atomic mass is 10.1. The Bertz CT molecular complexity index is 652. The number of rotatable bonds is 5. The van der Waals surface area contributed by atoms with E-state index in [9.17, 15) is 8.42 Å². The molecule has 0 aliphatic carbocycles. The molecule has 1 aliphatic heterocycles. The summed E-state index contributed by atoms with van der Waals surface area (Å²) < 4.78 is 28.2. The topological polar surface area (TPSA) is 120 Å². The molecule has 1 saturated heterocycles. The van der Waals surface area contributed by atoms with Gasteiger partial charge in [-0.05, 0) is 37.0 Å². The molecule has 0 radical (unpaired) electrons. The zero-order chi connectivity index (χ0) is 16.2. The van der Waals surface area contributed by atoms with Crippen LogP contribution in [0, 0.1) is 6.92 Å². The predicted octanol–water partition coefficient (Wildman–Crippen LogP) is 0.226. The van der Waals surface area contributed by atoms with Crippen LogP contribution in [0.2, 0.25) is 0 Å². The van der Waals surface area contributed by atoms with Gasteiger partial charge in [-0.2, -0.15) is 0 Å². The first-order valence-corrected chi connectivity index (χ1v) is 8.68. The van der Waals surface area contributed by atoms with Gasteiger partial charge in [0, 0.05) is 13.2 Å². The van der Waals surface area contributed by atoms with Crippen LogP contribution in [0.4, 0.5) is 0 Å². The van der Waals surface area contributed by atoms with Gasteiger partial charge in [-0.25, -0.2) is 18.5 Å². The molecule has 1 fully saturated rings. The maximum Gasteiger partial charge on any atom is 0.238 e. The Hall–Kier alpha value is -1.64. The number of ether oxygens (including phenoxy) is 1. The quantitative estimate of drug-likeness (QED) is 0.528. The van der Waals surface area contributed by atoms with Crippen molar-refractivity contribution in [2.24, 2.45) is 15.9 Å². The molecule has 0 spiro atoms. The zero-order valence-electron chi connectivity index (χ0n) is 12.6. The summed E-state index contributed by atoms with van der Waals surface area (Å²) in [6.07, 6.45) is 2.32. The normalized spacial score (nSPS) is 19.4. The summed E-state index contributed by atoms with van der Waals surface area (Å²) >= 11 is 0. The average Bonchev–Trinajstić information content (AvgIpc) is 2.94. The monoisotopic (exact) mass is 326 g/mol. The summed E-state index contributed by atoms with van der Waals surface area (Å²) in [5.41, 5.74) is 7.27. The Morgan fingerprint density at radius 1 is 1.50 bits per heavy atom. The number of nitrogens with zero attached hydrogens (tertiary/aromatic N) is 1. The van der Waals surface area contributed by atoms with E-state index in [0.717, 1.165) is 25.0 Å². The highest BCUT2D eigenvalue weighted by atomic mass is 32.2. The smallest absolute Gasteiger partial charge is 0.238 e. The van der Waals surface area contributed by atoms with E-state index in [0.29, 0.717) is 24.6 Å². The minimum atomic E-state index is -3.69. The van der Waals surface area contributed by atoms with E-state index in [1.807, 2.05) is 0 Å². The Labute approximate surface area is 130 Å². The number of guanidine groups is 1. The Morgan fingerprint density at radius 2 is 2.27 bits per heavy atom. The molecule has 1 heterocycles. The second-order valence-corrected chi connectivity index (χ2v) is 6.89. The van der Waals surface area contributed by atoms with Gasteiger partial charge >= 0.3 is 0 Å². The average molecular weight is 326 g/mol. The van der Waals surface area contributed by atoms with Crippen LogP contribution >= 0.6 is 0 Å². The van der Waals surface area contributed by atoms with Crippen LogP contribution < -0.4 is 16.2 Å². The second-order valence-electron chi connectivity index (χ2n) is 5.36. The van der Waals surface area contributed by atoms with Crippen molar-refractivity contribution in [3.8, 4) is 0 Å². The Kier molecular flexibility index (Phi) is 5.38. The van der Waals surface area contributed by atoms with Gasteiger partial charge in [0.2, 0.25) is 10.0 Å². The molecular formula is C14H22N4O3S. The van der Waals surface area contributed by atoms with Gasteiger partial charge in [-0.15, -0.1) is 0 Å². The van der Waals surface area contributed by atoms with Crippen molar-refractivity contribution in [1.29, 1.82) is 0 Å². The summed E-state index contributed by atoms with van der Waals surface area (Å²) in [7, 11) is -3.69. The molecule has 0 bridgehead atoms. The number of sulfonamides is 1. The summed E-state index contributed by atoms with van der Waals surface area (Å²) in [6, 6.07) is 4.92. The van der Waals surface area contributed by atoms with Gasteiger partial charge in [-0.1, -0.05) is 12.1 Å². The molecule has 22 heavy (non-hydrogen) atoms. The van der Waals surface area contributed by atoms with Gasteiger partial charge in [0.1, 0.15) is 0 Å². The number of nitrogens with two attached hydrogens (primary N) is 2. The summed E-state index contributed by atoms with van der Waals surface area (Å²) in [5, 5.41) is 8.16. The maximum atomic E-state index is 11.4. The van der Waals surface area contributed by atoms with E-state index >= 15 is 0 Å². The predicted molar refractivity (Wildman–Crippen MR) is 84.9 cm³/mol. The van der Waals surface area contributed by atoms with Gasteiger partial charge in [0.25, 0.3) is 0 Å². The molecule has 1 unspecified atom stereocenters. The second kappa shape index (κ2) is 7.08. The summed E-state index contributed by atoms with van der Waals surface area (Å²) in [5.74, 6) is 0.351.